The Balaban J connectivity index is 1.31. The molecule has 6 bridgehead atoms. The Morgan fingerprint density at radius 3 is 2.90 bits per heavy atom. The maximum absolute atomic E-state index is 17.1. The van der Waals surface area contributed by atoms with Crippen molar-refractivity contribution in [2.75, 3.05) is 51.0 Å². The second-order valence-corrected chi connectivity index (χ2v) is 13.8. The summed E-state index contributed by atoms with van der Waals surface area (Å²) < 4.78 is 63.9. The second kappa shape index (κ2) is 12.2. The number of pyridine rings is 1. The van der Waals surface area contributed by atoms with Crippen LogP contribution in [-0.2, 0) is 15.9 Å². The number of anilines is 1. The quantitative estimate of drug-likeness (QED) is 0.252. The van der Waals surface area contributed by atoms with Crippen LogP contribution in [0.1, 0.15) is 50.5 Å². The molecule has 48 heavy (non-hydrogen) atoms. The zero-order valence-electron chi connectivity index (χ0n) is 26.2. The van der Waals surface area contributed by atoms with E-state index in [1.54, 1.807) is 17.2 Å². The van der Waals surface area contributed by atoms with E-state index in [4.69, 9.17) is 30.8 Å². The zero-order chi connectivity index (χ0) is 33.0. The third kappa shape index (κ3) is 5.37. The molecule has 254 valence electrons. The van der Waals surface area contributed by atoms with Gasteiger partial charge in [-0.3, -0.25) is 15.0 Å². The molecule has 0 saturated carbocycles. The van der Waals surface area contributed by atoms with E-state index in [9.17, 15) is 13.6 Å². The molecule has 0 unspecified atom stereocenters. The van der Waals surface area contributed by atoms with E-state index < -0.39 is 36.0 Å². The van der Waals surface area contributed by atoms with Crippen molar-refractivity contribution < 1.29 is 32.2 Å². The Bertz CT molecular complexity index is 1900. The molecule has 5 aliphatic rings. The summed E-state index contributed by atoms with van der Waals surface area (Å²) >= 11 is 6.76. The number of carbonyl (C=O) groups excluding carboxylic acids is 1. The molecular formula is C33H35ClF3N7O4. The lowest BCUT2D eigenvalue weighted by atomic mass is 9.95. The van der Waals surface area contributed by atoms with Gasteiger partial charge in [-0.2, -0.15) is 15.1 Å². The number of H-pyrrole nitrogens is 1. The first-order chi connectivity index (χ1) is 23.3. The predicted octanol–water partition coefficient (Wildman–Crippen LogP) is 6.11. The number of nitrogens with zero attached hydrogens (tertiary/aromatic N) is 6. The van der Waals surface area contributed by atoms with Crippen molar-refractivity contribution in [3.63, 3.8) is 0 Å². The summed E-state index contributed by atoms with van der Waals surface area (Å²) in [4.78, 5) is 30.8. The summed E-state index contributed by atoms with van der Waals surface area (Å²) in [5.74, 6) is -0.439. The van der Waals surface area contributed by atoms with Crippen molar-refractivity contribution >= 4 is 45.4 Å². The molecule has 4 aromatic rings. The molecule has 1 N–H and O–H groups in total. The van der Waals surface area contributed by atoms with Crippen molar-refractivity contribution in [1.29, 1.82) is 0 Å². The highest BCUT2D eigenvalue weighted by molar-refractivity contribution is 6.33. The van der Waals surface area contributed by atoms with Gasteiger partial charge in [0.25, 0.3) is 0 Å². The van der Waals surface area contributed by atoms with Crippen LogP contribution in [-0.4, -0.2) is 99.6 Å². The van der Waals surface area contributed by atoms with E-state index in [0.717, 1.165) is 19.4 Å². The molecule has 11 nitrogen and oxygen atoms in total. The van der Waals surface area contributed by atoms with Gasteiger partial charge in [-0.15, -0.1) is 0 Å². The summed E-state index contributed by atoms with van der Waals surface area (Å²) in [7, 11) is 0. The van der Waals surface area contributed by atoms with E-state index in [-0.39, 0.29) is 54.6 Å². The van der Waals surface area contributed by atoms with Crippen LogP contribution in [0, 0.1) is 5.82 Å². The average molecular weight is 686 g/mol. The first-order valence-corrected chi connectivity index (χ1v) is 16.9. The predicted molar refractivity (Wildman–Crippen MR) is 171 cm³/mol. The highest BCUT2D eigenvalue weighted by Gasteiger charge is 2.49. The minimum absolute atomic E-state index is 0.0139. The maximum atomic E-state index is 17.1. The van der Waals surface area contributed by atoms with Crippen LogP contribution < -0.4 is 9.64 Å². The molecule has 8 heterocycles. The van der Waals surface area contributed by atoms with Gasteiger partial charge in [-0.05, 0) is 63.1 Å². The van der Waals surface area contributed by atoms with Gasteiger partial charge < -0.3 is 19.1 Å². The highest BCUT2D eigenvalue weighted by Crippen LogP contribution is 2.42. The van der Waals surface area contributed by atoms with E-state index in [2.05, 4.69) is 25.1 Å². The molecule has 3 saturated heterocycles. The van der Waals surface area contributed by atoms with Crippen LogP contribution in [0.3, 0.4) is 0 Å². The maximum Gasteiger partial charge on any atom is 0.508 e. The summed E-state index contributed by atoms with van der Waals surface area (Å²) in [6.07, 6.45) is 5.33. The summed E-state index contributed by atoms with van der Waals surface area (Å²) in [5.41, 5.74) is -0.407. The van der Waals surface area contributed by atoms with Gasteiger partial charge in [-0.1, -0.05) is 11.6 Å². The summed E-state index contributed by atoms with van der Waals surface area (Å²) in [5, 5.41) is 8.30. The SMILES string of the molecule is O=C1OCCCc2c(Cl)cc3[nH]ncc3c2-c2ncc3c(nc(OC[C@@]45CCCN4C[C@H](F)C5)nc3c2F)N2CCCC[C@@](CF)(C2)O1. The standard InChI is InChI=1S/C33H35ClF3N7O4/c34-23-11-24-21(14-39-42-24)25-20(23)5-3-10-46-31(45)48-33(16-35)7-1-2-8-43(17-33)29-22-13-38-28(25)26(37)27(22)40-30(41-29)47-18-32-6-4-9-44(32)15-19(36)12-32/h11,13-14,19H,1-10,12,15-18H2,(H,39,42)/t19-,32+,33-/m1/s1. The number of aromatic nitrogens is 5. The highest BCUT2D eigenvalue weighted by atomic mass is 35.5. The molecule has 5 aliphatic heterocycles. The number of aromatic amines is 1. The van der Waals surface area contributed by atoms with E-state index in [1.807, 2.05) is 0 Å². The van der Waals surface area contributed by atoms with Crippen LogP contribution in [0.15, 0.2) is 18.5 Å². The van der Waals surface area contributed by atoms with Gasteiger partial charge in [0.1, 0.15) is 36.5 Å². The number of benzene rings is 1. The van der Waals surface area contributed by atoms with Crippen LogP contribution in [0.2, 0.25) is 5.02 Å². The van der Waals surface area contributed by atoms with Gasteiger partial charge in [0.15, 0.2) is 11.4 Å². The summed E-state index contributed by atoms with van der Waals surface area (Å²) in [6.45, 7) is 0.660. The molecule has 0 aliphatic carbocycles. The molecule has 1 aromatic carbocycles. The smallest absolute Gasteiger partial charge is 0.461 e. The van der Waals surface area contributed by atoms with Crippen molar-refractivity contribution in [3.05, 3.63) is 34.9 Å². The minimum Gasteiger partial charge on any atom is -0.461 e. The van der Waals surface area contributed by atoms with Crippen molar-refractivity contribution in [1.82, 2.24) is 30.0 Å². The van der Waals surface area contributed by atoms with Gasteiger partial charge in [0.2, 0.25) is 0 Å². The first-order valence-electron chi connectivity index (χ1n) is 16.5. The fourth-order valence-electron chi connectivity index (χ4n) is 8.03. The van der Waals surface area contributed by atoms with Crippen LogP contribution in [0.25, 0.3) is 33.1 Å². The Hall–Kier alpha value is -3.91. The normalized spacial score (nSPS) is 26.5. The molecule has 9 rings (SSSR count). The van der Waals surface area contributed by atoms with Crippen LogP contribution >= 0.6 is 11.6 Å². The lowest BCUT2D eigenvalue weighted by Gasteiger charge is -2.34. The molecule has 15 heteroatoms. The van der Waals surface area contributed by atoms with Gasteiger partial charge in [0.05, 0.1) is 35.8 Å². The van der Waals surface area contributed by atoms with Crippen LogP contribution in [0.5, 0.6) is 6.01 Å². The molecule has 3 aromatic heterocycles. The zero-order valence-corrected chi connectivity index (χ0v) is 27.0. The van der Waals surface area contributed by atoms with Crippen LogP contribution in [0.4, 0.5) is 23.8 Å². The summed E-state index contributed by atoms with van der Waals surface area (Å²) in [6, 6.07) is 1.62. The van der Waals surface area contributed by atoms with E-state index in [0.29, 0.717) is 72.2 Å². The number of alkyl halides is 2. The molecule has 3 fully saturated rings. The third-order valence-corrected chi connectivity index (χ3v) is 10.7. The topological polar surface area (TPSA) is 119 Å². The lowest BCUT2D eigenvalue weighted by molar-refractivity contribution is -0.0467. The van der Waals surface area contributed by atoms with Gasteiger partial charge in [0, 0.05) is 41.7 Å². The number of halogens is 4. The van der Waals surface area contributed by atoms with Crippen molar-refractivity contribution in [3.8, 4) is 17.3 Å². The Labute approximate surface area is 279 Å². The van der Waals surface area contributed by atoms with Gasteiger partial charge in [-0.25, -0.2) is 18.0 Å². The Kier molecular flexibility index (Phi) is 7.97. The Morgan fingerprint density at radius 1 is 1.12 bits per heavy atom. The fraction of sp³-hybridized carbons (Fsp3) is 0.545. The lowest BCUT2D eigenvalue weighted by Crippen LogP contribution is -2.47. The van der Waals surface area contributed by atoms with Gasteiger partial charge >= 0.3 is 12.2 Å². The second-order valence-electron chi connectivity index (χ2n) is 13.4. The fourth-order valence-corrected chi connectivity index (χ4v) is 8.33. The largest absolute Gasteiger partial charge is 0.508 e. The molecular weight excluding hydrogens is 651 g/mol. The molecule has 0 radical (unpaired) electrons. The van der Waals surface area contributed by atoms with E-state index >= 15 is 4.39 Å². The monoisotopic (exact) mass is 685 g/mol. The molecule has 0 amide bonds. The molecule has 0 spiro atoms. The average Bonchev–Trinajstić information content (AvgIpc) is 3.72. The number of carbonyl (C=O) groups is 1. The van der Waals surface area contributed by atoms with Crippen molar-refractivity contribution in [2.24, 2.45) is 0 Å². The number of rotatable bonds is 4. The number of hydrogen-bond donors (Lipinski definition) is 1. The minimum atomic E-state index is -1.51. The molecule has 3 atom stereocenters. The first kappa shape index (κ1) is 31.4. The number of hydrogen-bond acceptors (Lipinski definition) is 10. The number of ether oxygens (including phenoxy) is 3. The Morgan fingerprint density at radius 2 is 2.02 bits per heavy atom. The van der Waals surface area contributed by atoms with E-state index in [1.165, 1.54) is 6.20 Å². The number of fused-ring (bicyclic) bond motifs is 8. The number of nitrogens with one attached hydrogen (secondary N) is 1. The third-order valence-electron chi connectivity index (χ3n) is 10.3. The van der Waals surface area contributed by atoms with Crippen molar-refractivity contribution in [2.45, 2.75) is 68.7 Å².